The van der Waals surface area contributed by atoms with Gasteiger partial charge in [0, 0.05) is 21.9 Å². The molecule has 3 heteroatoms. The zero-order chi connectivity index (χ0) is 46.0. The van der Waals surface area contributed by atoms with Gasteiger partial charge in [-0.15, -0.1) is 0 Å². The summed E-state index contributed by atoms with van der Waals surface area (Å²) in [5.41, 5.74) is 11.6. The number of fused-ring (bicyclic) bond motifs is 3. The minimum absolute atomic E-state index is 0.550. The number of para-hydroxylation sites is 2. The van der Waals surface area contributed by atoms with E-state index in [9.17, 15) is 0 Å². The van der Waals surface area contributed by atoms with Gasteiger partial charge in [-0.05, 0) is 67.3 Å². The van der Waals surface area contributed by atoms with Crippen molar-refractivity contribution < 1.29 is 0 Å². The highest BCUT2D eigenvalue weighted by Gasteiger charge is 2.41. The molecule has 69 heavy (non-hydrogen) atoms. The third-order valence-corrected chi connectivity index (χ3v) is 18.9. The minimum Gasteiger partial charge on any atom is -0.309 e. The van der Waals surface area contributed by atoms with E-state index in [4.69, 9.17) is 4.98 Å². The van der Waals surface area contributed by atoms with Gasteiger partial charge in [-0.2, -0.15) is 0 Å². The van der Waals surface area contributed by atoms with Crippen molar-refractivity contribution in [3.05, 3.63) is 313 Å². The zero-order valence-corrected chi connectivity index (χ0v) is 39.1. The van der Waals surface area contributed by atoms with Crippen molar-refractivity contribution in [1.29, 1.82) is 0 Å². The molecular weight excluding hydrogens is 849 g/mol. The van der Waals surface area contributed by atoms with E-state index in [1.165, 1.54) is 53.8 Å². The van der Waals surface area contributed by atoms with E-state index in [1.807, 2.05) is 0 Å². The fraction of sp³-hybridized carbons (Fsp3) is 0.0152. The van der Waals surface area contributed by atoms with Crippen LogP contribution in [0.1, 0.15) is 22.3 Å². The topological polar surface area (TPSA) is 17.8 Å². The van der Waals surface area contributed by atoms with E-state index in [-0.39, 0.29) is 0 Å². The van der Waals surface area contributed by atoms with Gasteiger partial charge in [-0.1, -0.05) is 267 Å². The van der Waals surface area contributed by atoms with Crippen molar-refractivity contribution in [2.45, 2.75) is 5.41 Å². The van der Waals surface area contributed by atoms with Gasteiger partial charge in [0.15, 0.2) is 8.07 Å². The molecule has 0 atom stereocenters. The Labute approximate surface area is 405 Å². The Hall–Kier alpha value is -8.63. The SMILES string of the molecule is c1ccc(C(c2ccccc2)(c2ccccc2)c2ccc(-c3cc(-n4c5ccccc5c5ccccc54)cc(-c4ccc([Si](c5ccccc5)(c5ccccc5)c5ccccc5)cc4)n3)cc2)cc1. The predicted molar refractivity (Wildman–Crippen MR) is 291 cm³/mol. The molecule has 0 unspecified atom stereocenters. The second-order valence-electron chi connectivity index (χ2n) is 17.8. The van der Waals surface area contributed by atoms with E-state index in [0.717, 1.165) is 39.2 Å². The van der Waals surface area contributed by atoms with Crippen LogP contribution in [0.2, 0.25) is 0 Å². The molecule has 2 heterocycles. The Kier molecular flexibility index (Phi) is 10.8. The molecule has 2 aromatic heterocycles. The maximum atomic E-state index is 5.57. The van der Waals surface area contributed by atoms with Gasteiger partial charge in [0.2, 0.25) is 0 Å². The number of benzene rings is 10. The molecule has 0 saturated heterocycles. The van der Waals surface area contributed by atoms with Crippen molar-refractivity contribution >= 4 is 50.6 Å². The molecule has 10 aromatic carbocycles. The predicted octanol–water partition coefficient (Wildman–Crippen LogP) is 13.3. The van der Waals surface area contributed by atoms with E-state index in [2.05, 4.69) is 296 Å². The van der Waals surface area contributed by atoms with Gasteiger partial charge in [-0.3, -0.25) is 0 Å². The Bertz CT molecular complexity index is 3230. The van der Waals surface area contributed by atoms with Crippen LogP contribution in [0.5, 0.6) is 0 Å². The van der Waals surface area contributed by atoms with E-state index in [1.54, 1.807) is 0 Å². The lowest BCUT2D eigenvalue weighted by molar-refractivity contribution is 0.745. The first-order valence-corrected chi connectivity index (χ1v) is 25.8. The van der Waals surface area contributed by atoms with E-state index in [0.29, 0.717) is 0 Å². The van der Waals surface area contributed by atoms with Crippen LogP contribution in [0.3, 0.4) is 0 Å². The Morgan fingerprint density at radius 1 is 0.290 bits per heavy atom. The van der Waals surface area contributed by atoms with Gasteiger partial charge in [-0.25, -0.2) is 4.98 Å². The van der Waals surface area contributed by atoms with Crippen molar-refractivity contribution in [3.63, 3.8) is 0 Å². The van der Waals surface area contributed by atoms with Crippen LogP contribution in [0.25, 0.3) is 50.0 Å². The van der Waals surface area contributed by atoms with Crippen LogP contribution in [0, 0.1) is 0 Å². The zero-order valence-electron chi connectivity index (χ0n) is 38.1. The molecule has 0 saturated carbocycles. The summed E-state index contributed by atoms with van der Waals surface area (Å²) in [7, 11) is -2.72. The molecule has 0 aliphatic rings. The van der Waals surface area contributed by atoms with E-state index < -0.39 is 13.5 Å². The van der Waals surface area contributed by atoms with Gasteiger partial charge >= 0.3 is 0 Å². The summed E-state index contributed by atoms with van der Waals surface area (Å²) in [6.45, 7) is 0. The lowest BCUT2D eigenvalue weighted by atomic mass is 9.65. The maximum Gasteiger partial charge on any atom is 0.179 e. The lowest BCUT2D eigenvalue weighted by Gasteiger charge is -2.37. The molecular formula is C66H48N2Si. The average Bonchev–Trinajstić information content (AvgIpc) is 3.78. The standard InChI is InChI=1S/C66H48N2Si/c1-7-23-51(24-8-1)66(52-25-9-2-10-26-52,53-27-11-3-12-28-53)54-43-39-49(40-44-54)62-47-55(68-64-37-21-19-35-60(64)61-36-20-22-38-65(61)68)48-63(67-62)50-41-45-59(46-42-50)69(56-29-13-4-14-30-56,57-31-15-5-16-32-57)58-33-17-6-18-34-58/h1-48H. The smallest absolute Gasteiger partial charge is 0.179 e. The van der Waals surface area contributed by atoms with Crippen molar-refractivity contribution in [3.8, 4) is 28.2 Å². The molecule has 0 N–H and O–H groups in total. The summed E-state index contributed by atoms with van der Waals surface area (Å²) < 4.78 is 2.41. The molecule has 2 nitrogen and oxygen atoms in total. The monoisotopic (exact) mass is 896 g/mol. The molecule has 326 valence electrons. The highest BCUT2D eigenvalue weighted by molar-refractivity contribution is 7.19. The minimum atomic E-state index is -2.72. The number of rotatable bonds is 11. The van der Waals surface area contributed by atoms with Crippen LogP contribution in [-0.4, -0.2) is 17.6 Å². The summed E-state index contributed by atoms with van der Waals surface area (Å²) in [5.74, 6) is 0. The van der Waals surface area contributed by atoms with Crippen LogP contribution in [0.15, 0.2) is 291 Å². The number of hydrogen-bond acceptors (Lipinski definition) is 1. The number of aromatic nitrogens is 2. The first-order valence-electron chi connectivity index (χ1n) is 23.8. The number of pyridine rings is 1. The van der Waals surface area contributed by atoms with Crippen LogP contribution in [0.4, 0.5) is 0 Å². The maximum absolute atomic E-state index is 5.57. The first kappa shape index (κ1) is 41.8. The molecule has 0 spiro atoms. The second-order valence-corrected chi connectivity index (χ2v) is 21.6. The highest BCUT2D eigenvalue weighted by Crippen LogP contribution is 2.45. The molecule has 0 radical (unpaired) electrons. The van der Waals surface area contributed by atoms with Gasteiger partial charge < -0.3 is 4.57 Å². The third-order valence-electron chi connectivity index (χ3n) is 14.1. The fourth-order valence-electron chi connectivity index (χ4n) is 11.1. The summed E-state index contributed by atoms with van der Waals surface area (Å²) in [5, 5.41) is 7.83. The average molecular weight is 897 g/mol. The van der Waals surface area contributed by atoms with Crippen molar-refractivity contribution in [2.24, 2.45) is 0 Å². The normalized spacial score (nSPS) is 11.8. The lowest BCUT2D eigenvalue weighted by Crippen LogP contribution is -2.74. The quantitative estimate of drug-likeness (QED) is 0.0934. The molecule has 0 fully saturated rings. The fourth-order valence-corrected chi connectivity index (χ4v) is 15.8. The Balaban J connectivity index is 1.05. The molecule has 0 aliphatic heterocycles. The van der Waals surface area contributed by atoms with Gasteiger partial charge in [0.1, 0.15) is 0 Å². The first-order chi connectivity index (χ1) is 34.2. The largest absolute Gasteiger partial charge is 0.309 e. The summed E-state index contributed by atoms with van der Waals surface area (Å²) in [4.78, 5) is 5.57. The Morgan fingerprint density at radius 3 is 0.986 bits per heavy atom. The van der Waals surface area contributed by atoms with Gasteiger partial charge in [0.05, 0.1) is 33.5 Å². The van der Waals surface area contributed by atoms with Crippen molar-refractivity contribution in [2.75, 3.05) is 0 Å². The number of nitrogens with zero attached hydrogens (tertiary/aromatic N) is 2. The third kappa shape index (κ3) is 7.14. The van der Waals surface area contributed by atoms with Crippen molar-refractivity contribution in [1.82, 2.24) is 9.55 Å². The van der Waals surface area contributed by atoms with E-state index >= 15 is 0 Å². The molecule has 0 amide bonds. The Morgan fingerprint density at radius 2 is 0.594 bits per heavy atom. The highest BCUT2D eigenvalue weighted by atomic mass is 28.3. The van der Waals surface area contributed by atoms with Gasteiger partial charge in [0.25, 0.3) is 0 Å². The summed E-state index contributed by atoms with van der Waals surface area (Å²) in [6, 6.07) is 107. The summed E-state index contributed by atoms with van der Waals surface area (Å²) in [6.07, 6.45) is 0. The van der Waals surface area contributed by atoms with Crippen LogP contribution >= 0.6 is 0 Å². The molecule has 0 bridgehead atoms. The number of hydrogen-bond donors (Lipinski definition) is 0. The van der Waals surface area contributed by atoms with Crippen LogP contribution < -0.4 is 20.7 Å². The second kappa shape index (κ2) is 17.9. The molecule has 0 aliphatic carbocycles. The van der Waals surface area contributed by atoms with Crippen LogP contribution in [-0.2, 0) is 5.41 Å². The molecule has 12 aromatic rings. The molecule has 12 rings (SSSR count). The summed E-state index contributed by atoms with van der Waals surface area (Å²) >= 11 is 0.